The van der Waals surface area contributed by atoms with E-state index in [9.17, 15) is 20.2 Å². The normalized spacial score (nSPS) is 9.23. The van der Waals surface area contributed by atoms with Crippen LogP contribution in [0.15, 0.2) is 97.6 Å². The van der Waals surface area contributed by atoms with Crippen molar-refractivity contribution in [2.75, 3.05) is 0 Å². The molecule has 0 atom stereocenters. The number of rotatable bonds is 4. The van der Waals surface area contributed by atoms with Gasteiger partial charge in [0.1, 0.15) is 17.4 Å². The van der Waals surface area contributed by atoms with E-state index in [0.717, 1.165) is 11.8 Å². The third-order valence-electron chi connectivity index (χ3n) is 4.12. The van der Waals surface area contributed by atoms with Crippen molar-refractivity contribution in [2.24, 2.45) is 0 Å². The molecule has 0 aliphatic carbocycles. The Kier molecular flexibility index (Phi) is 12.2. The molecule has 0 spiro atoms. The van der Waals surface area contributed by atoms with E-state index in [1.807, 2.05) is 36.4 Å². The van der Waals surface area contributed by atoms with Crippen LogP contribution in [0.5, 0.6) is 0 Å². The van der Waals surface area contributed by atoms with Crippen molar-refractivity contribution in [2.45, 2.75) is 7.43 Å². The maximum absolute atomic E-state index is 10.8. The summed E-state index contributed by atoms with van der Waals surface area (Å²) < 4.78 is 0. The summed E-state index contributed by atoms with van der Waals surface area (Å²) in [5.74, 6) is 0. The second-order valence-corrected chi connectivity index (χ2v) is 6.79. The number of nitrogens with zero attached hydrogens (tertiary/aromatic N) is 4. The van der Waals surface area contributed by atoms with E-state index in [1.54, 1.807) is 36.5 Å². The molecule has 4 rings (SSSR count). The molecule has 10 nitrogen and oxygen atoms in total. The molecule has 0 fully saturated rings. The lowest BCUT2D eigenvalue weighted by molar-refractivity contribution is -0.385. The molecule has 0 saturated carbocycles. The molecule has 2 N–H and O–H groups in total. The second kappa shape index (κ2) is 14.9. The van der Waals surface area contributed by atoms with E-state index in [-0.39, 0.29) is 23.8 Å². The maximum atomic E-state index is 10.8. The predicted molar refractivity (Wildman–Crippen MR) is 135 cm³/mol. The van der Waals surface area contributed by atoms with Crippen LogP contribution in [0.3, 0.4) is 0 Å². The van der Waals surface area contributed by atoms with Crippen LogP contribution in [0.4, 0.5) is 11.4 Å². The third-order valence-corrected chi connectivity index (χ3v) is 4.44. The molecule has 2 heterocycles. The van der Waals surface area contributed by atoms with Gasteiger partial charge in [-0.3, -0.25) is 30.2 Å². The predicted octanol–water partition coefficient (Wildman–Crippen LogP) is 4.30. The molecule has 4 aromatic rings. The van der Waals surface area contributed by atoms with Crippen molar-refractivity contribution in [3.63, 3.8) is 0 Å². The Bertz CT molecular complexity index is 1220. The van der Waals surface area contributed by atoms with Gasteiger partial charge in [0.15, 0.2) is 0 Å². The second-order valence-electron chi connectivity index (χ2n) is 6.38. The molecular formula is C23H22BClN4O6. The summed E-state index contributed by atoms with van der Waals surface area (Å²) in [5.41, 5.74) is 1.81. The minimum Gasteiger partial charge on any atom is -0.423 e. The fourth-order valence-corrected chi connectivity index (χ4v) is 2.70. The number of aromatic nitrogens is 2. The molecule has 0 bridgehead atoms. The summed E-state index contributed by atoms with van der Waals surface area (Å²) in [5, 5.41) is 38.1. The number of hydrogen-bond acceptors (Lipinski definition) is 8. The first-order chi connectivity index (χ1) is 16.3. The van der Waals surface area contributed by atoms with Crippen LogP contribution in [0.1, 0.15) is 7.43 Å². The SMILES string of the molecule is C.O=[N+]([O-])c1cnccc1-c1ccccc1.O=[N+]([O-])c1cnccc1Cl.OB(O)c1ccccc1. The zero-order valence-electron chi connectivity index (χ0n) is 17.5. The Hall–Kier alpha value is -4.19. The fourth-order valence-electron chi connectivity index (χ4n) is 2.52. The van der Waals surface area contributed by atoms with Crippen LogP contribution in [-0.2, 0) is 0 Å². The van der Waals surface area contributed by atoms with Gasteiger partial charge in [-0.25, -0.2) is 0 Å². The lowest BCUT2D eigenvalue weighted by atomic mass is 9.81. The Balaban J connectivity index is 0.000000271. The molecule has 35 heavy (non-hydrogen) atoms. The van der Waals surface area contributed by atoms with Crippen molar-refractivity contribution in [1.82, 2.24) is 9.97 Å². The zero-order chi connectivity index (χ0) is 24.9. The molecule has 0 radical (unpaired) electrons. The molecule has 2 aromatic heterocycles. The molecule has 0 amide bonds. The van der Waals surface area contributed by atoms with E-state index in [0.29, 0.717) is 11.0 Å². The van der Waals surface area contributed by atoms with E-state index < -0.39 is 17.0 Å². The number of halogens is 1. The minimum atomic E-state index is -1.34. The highest BCUT2D eigenvalue weighted by molar-refractivity contribution is 6.58. The van der Waals surface area contributed by atoms with Crippen molar-refractivity contribution in [1.29, 1.82) is 0 Å². The van der Waals surface area contributed by atoms with Crippen LogP contribution < -0.4 is 5.46 Å². The topological polar surface area (TPSA) is 153 Å². The molecule has 180 valence electrons. The van der Waals surface area contributed by atoms with Crippen LogP contribution in [0, 0.1) is 20.2 Å². The number of pyridine rings is 2. The lowest BCUT2D eigenvalue weighted by Gasteiger charge is -2.01. The van der Waals surface area contributed by atoms with Gasteiger partial charge in [-0.05, 0) is 23.2 Å². The molecule has 0 aliphatic rings. The Morgan fingerprint density at radius 3 is 1.66 bits per heavy atom. The van der Waals surface area contributed by atoms with Gasteiger partial charge >= 0.3 is 12.8 Å². The Morgan fingerprint density at radius 1 is 0.743 bits per heavy atom. The van der Waals surface area contributed by atoms with Gasteiger partial charge in [0.05, 0.1) is 15.4 Å². The summed E-state index contributed by atoms with van der Waals surface area (Å²) in [6.07, 6.45) is 5.33. The van der Waals surface area contributed by atoms with Gasteiger partial charge in [0.25, 0.3) is 5.69 Å². The summed E-state index contributed by atoms with van der Waals surface area (Å²) in [4.78, 5) is 27.2. The van der Waals surface area contributed by atoms with Gasteiger partial charge in [0.2, 0.25) is 0 Å². The number of nitro groups is 2. The van der Waals surface area contributed by atoms with E-state index in [4.69, 9.17) is 21.6 Å². The van der Waals surface area contributed by atoms with E-state index >= 15 is 0 Å². The lowest BCUT2D eigenvalue weighted by Crippen LogP contribution is -2.29. The quantitative estimate of drug-likeness (QED) is 0.241. The largest absolute Gasteiger partial charge is 0.488 e. The van der Waals surface area contributed by atoms with Crippen molar-refractivity contribution in [3.8, 4) is 11.1 Å². The molecular weight excluding hydrogens is 475 g/mol. The summed E-state index contributed by atoms with van der Waals surface area (Å²) in [7, 11) is -1.34. The summed E-state index contributed by atoms with van der Waals surface area (Å²) in [6, 6.07) is 20.9. The van der Waals surface area contributed by atoms with Crippen LogP contribution in [0.25, 0.3) is 11.1 Å². The van der Waals surface area contributed by atoms with Crippen LogP contribution in [0.2, 0.25) is 5.02 Å². The monoisotopic (exact) mass is 496 g/mol. The number of benzene rings is 2. The minimum absolute atomic E-state index is 0. The molecule has 0 saturated heterocycles. The van der Waals surface area contributed by atoms with Crippen LogP contribution in [-0.4, -0.2) is 37.0 Å². The molecule has 12 heteroatoms. The van der Waals surface area contributed by atoms with Gasteiger partial charge < -0.3 is 10.0 Å². The van der Waals surface area contributed by atoms with Crippen molar-refractivity contribution < 1.29 is 19.9 Å². The summed E-state index contributed by atoms with van der Waals surface area (Å²) >= 11 is 5.44. The van der Waals surface area contributed by atoms with Gasteiger partial charge in [-0.1, -0.05) is 79.7 Å². The first-order valence-electron chi connectivity index (χ1n) is 9.60. The zero-order valence-corrected chi connectivity index (χ0v) is 18.3. The molecule has 0 aliphatic heterocycles. The molecule has 0 unspecified atom stereocenters. The Morgan fingerprint density at radius 2 is 1.23 bits per heavy atom. The summed E-state index contributed by atoms with van der Waals surface area (Å²) in [6.45, 7) is 0. The Labute approximate surface area is 207 Å². The van der Waals surface area contributed by atoms with Gasteiger partial charge in [-0.15, -0.1) is 0 Å². The maximum Gasteiger partial charge on any atom is 0.488 e. The van der Waals surface area contributed by atoms with Gasteiger partial charge in [-0.2, -0.15) is 0 Å². The molecule has 2 aromatic carbocycles. The van der Waals surface area contributed by atoms with Crippen molar-refractivity contribution in [3.05, 3.63) is 123 Å². The standard InChI is InChI=1S/C11H8N2O2.C6H7BO2.C5H3ClN2O2.CH4/c14-13(15)11-8-12-7-6-10(11)9-4-2-1-3-5-9;8-7(9)6-4-2-1-3-5-6;6-4-1-2-7-3-5(4)8(9)10;/h1-8H;1-5,8-9H;1-3H;1H4. The average Bonchev–Trinajstić information content (AvgIpc) is 2.86. The highest BCUT2D eigenvalue weighted by Gasteiger charge is 2.14. The van der Waals surface area contributed by atoms with Crippen molar-refractivity contribution >= 4 is 35.6 Å². The fraction of sp³-hybridized carbons (Fsp3) is 0.0435. The first-order valence-corrected chi connectivity index (χ1v) is 9.98. The van der Waals surface area contributed by atoms with E-state index in [2.05, 4.69) is 9.97 Å². The number of hydrogen-bond donors (Lipinski definition) is 2. The van der Waals surface area contributed by atoms with E-state index in [1.165, 1.54) is 18.5 Å². The highest BCUT2D eigenvalue weighted by atomic mass is 35.5. The first kappa shape index (κ1) is 28.8. The average molecular weight is 497 g/mol. The highest BCUT2D eigenvalue weighted by Crippen LogP contribution is 2.27. The van der Waals surface area contributed by atoms with Gasteiger partial charge in [0, 0.05) is 12.4 Å². The third kappa shape index (κ3) is 9.30. The smallest absolute Gasteiger partial charge is 0.423 e. The van der Waals surface area contributed by atoms with Crippen LogP contribution >= 0.6 is 11.6 Å².